The van der Waals surface area contributed by atoms with E-state index >= 15 is 0 Å². The number of aromatic carboxylic acids is 1. The lowest BCUT2D eigenvalue weighted by molar-refractivity contribution is 0.0696. The normalized spacial score (nSPS) is 10.7. The summed E-state index contributed by atoms with van der Waals surface area (Å²) in [4.78, 5) is 12.6. The lowest BCUT2D eigenvalue weighted by atomic mass is 10.1. The van der Waals surface area contributed by atoms with Crippen LogP contribution in [0.5, 0.6) is 0 Å². The summed E-state index contributed by atoms with van der Waals surface area (Å²) in [6, 6.07) is 6.90. The molecule has 0 bridgehead atoms. The molecule has 0 fully saturated rings. The van der Waals surface area contributed by atoms with Crippen molar-refractivity contribution in [1.82, 2.24) is 20.3 Å². The SMILES string of the molecule is CCn1nc(C)c(CNCc2cccc(C(=O)O)c2)n1. The average molecular weight is 274 g/mol. The fourth-order valence-corrected chi connectivity index (χ4v) is 1.91. The van der Waals surface area contributed by atoms with E-state index in [0.29, 0.717) is 18.7 Å². The molecule has 6 heteroatoms. The van der Waals surface area contributed by atoms with E-state index in [2.05, 4.69) is 15.5 Å². The number of rotatable bonds is 6. The van der Waals surface area contributed by atoms with E-state index < -0.39 is 5.97 Å². The molecule has 0 saturated carbocycles. The third kappa shape index (κ3) is 3.42. The molecule has 0 aliphatic heterocycles. The summed E-state index contributed by atoms with van der Waals surface area (Å²) in [5.41, 5.74) is 3.07. The summed E-state index contributed by atoms with van der Waals surface area (Å²) >= 11 is 0. The van der Waals surface area contributed by atoms with Gasteiger partial charge in [-0.3, -0.25) is 0 Å². The van der Waals surface area contributed by atoms with E-state index in [4.69, 9.17) is 5.11 Å². The quantitative estimate of drug-likeness (QED) is 0.836. The van der Waals surface area contributed by atoms with Gasteiger partial charge in [0.1, 0.15) is 0 Å². The Morgan fingerprint density at radius 3 is 2.80 bits per heavy atom. The van der Waals surface area contributed by atoms with Gasteiger partial charge in [-0.05, 0) is 31.5 Å². The zero-order chi connectivity index (χ0) is 14.5. The lowest BCUT2D eigenvalue weighted by Crippen LogP contribution is -2.14. The predicted octanol–water partition coefficient (Wildman–Crippen LogP) is 1.59. The number of hydrogen-bond donors (Lipinski definition) is 2. The van der Waals surface area contributed by atoms with Gasteiger partial charge in [-0.15, -0.1) is 0 Å². The predicted molar refractivity (Wildman–Crippen MR) is 74.4 cm³/mol. The Hall–Kier alpha value is -2.21. The second kappa shape index (κ2) is 6.29. The standard InChI is InChI=1S/C14H18N4O2/c1-3-18-16-10(2)13(17-18)9-15-8-11-5-4-6-12(7-11)14(19)20/h4-7,15H,3,8-9H2,1-2H3,(H,19,20). The van der Waals surface area contributed by atoms with Gasteiger partial charge in [0, 0.05) is 13.1 Å². The monoisotopic (exact) mass is 274 g/mol. The van der Waals surface area contributed by atoms with Crippen molar-refractivity contribution in [2.24, 2.45) is 0 Å². The Kier molecular flexibility index (Phi) is 4.47. The number of nitrogens with one attached hydrogen (secondary N) is 1. The van der Waals surface area contributed by atoms with Crippen LogP contribution in [0.25, 0.3) is 0 Å². The van der Waals surface area contributed by atoms with Crippen LogP contribution in [0, 0.1) is 6.92 Å². The van der Waals surface area contributed by atoms with Crippen LogP contribution in [0.4, 0.5) is 0 Å². The third-order valence-corrected chi connectivity index (χ3v) is 3.00. The number of nitrogens with zero attached hydrogens (tertiary/aromatic N) is 3. The Morgan fingerprint density at radius 1 is 1.35 bits per heavy atom. The highest BCUT2D eigenvalue weighted by Crippen LogP contribution is 2.06. The molecule has 0 atom stereocenters. The first-order chi connectivity index (χ1) is 9.60. The topological polar surface area (TPSA) is 80.0 Å². The maximum atomic E-state index is 10.9. The molecule has 2 N–H and O–H groups in total. The highest BCUT2D eigenvalue weighted by molar-refractivity contribution is 5.87. The molecule has 1 aromatic heterocycles. The molecule has 0 radical (unpaired) electrons. The zero-order valence-corrected chi connectivity index (χ0v) is 11.6. The van der Waals surface area contributed by atoms with Gasteiger partial charge in [0.15, 0.2) is 0 Å². The molecular weight excluding hydrogens is 256 g/mol. The molecule has 0 unspecified atom stereocenters. The summed E-state index contributed by atoms with van der Waals surface area (Å²) in [6.45, 7) is 5.89. The van der Waals surface area contributed by atoms with Crippen molar-refractivity contribution in [3.63, 3.8) is 0 Å². The number of carboxylic acid groups (broad SMARTS) is 1. The molecule has 2 aromatic rings. The van der Waals surface area contributed by atoms with Crippen LogP contribution < -0.4 is 5.32 Å². The molecular formula is C14H18N4O2. The van der Waals surface area contributed by atoms with Gasteiger partial charge in [-0.2, -0.15) is 15.0 Å². The highest BCUT2D eigenvalue weighted by Gasteiger charge is 2.06. The zero-order valence-electron chi connectivity index (χ0n) is 11.6. The average Bonchev–Trinajstić information content (AvgIpc) is 2.80. The Bertz CT molecular complexity index is 607. The summed E-state index contributed by atoms with van der Waals surface area (Å²) in [6.07, 6.45) is 0. The van der Waals surface area contributed by atoms with Crippen molar-refractivity contribution >= 4 is 5.97 Å². The van der Waals surface area contributed by atoms with Crippen molar-refractivity contribution in [2.75, 3.05) is 0 Å². The fourth-order valence-electron chi connectivity index (χ4n) is 1.91. The Morgan fingerprint density at radius 2 is 2.15 bits per heavy atom. The molecule has 0 aliphatic rings. The van der Waals surface area contributed by atoms with Crippen molar-refractivity contribution in [3.8, 4) is 0 Å². The van der Waals surface area contributed by atoms with Crippen LogP contribution in [0.3, 0.4) is 0 Å². The van der Waals surface area contributed by atoms with E-state index in [1.807, 2.05) is 19.9 Å². The molecule has 0 spiro atoms. The van der Waals surface area contributed by atoms with Gasteiger partial charge in [0.25, 0.3) is 0 Å². The molecule has 0 saturated heterocycles. The molecule has 6 nitrogen and oxygen atoms in total. The van der Waals surface area contributed by atoms with Gasteiger partial charge in [-0.1, -0.05) is 12.1 Å². The number of hydrogen-bond acceptors (Lipinski definition) is 4. The molecule has 106 valence electrons. The van der Waals surface area contributed by atoms with E-state index in [1.54, 1.807) is 23.0 Å². The van der Waals surface area contributed by atoms with Crippen LogP contribution in [0.15, 0.2) is 24.3 Å². The van der Waals surface area contributed by atoms with Crippen LogP contribution in [0.2, 0.25) is 0 Å². The summed E-state index contributed by atoms with van der Waals surface area (Å²) in [5, 5.41) is 20.8. The van der Waals surface area contributed by atoms with Crippen LogP contribution >= 0.6 is 0 Å². The molecule has 2 rings (SSSR count). The maximum Gasteiger partial charge on any atom is 0.335 e. The number of aryl methyl sites for hydroxylation is 2. The number of carbonyl (C=O) groups is 1. The first kappa shape index (κ1) is 14.2. The first-order valence-corrected chi connectivity index (χ1v) is 6.53. The van der Waals surface area contributed by atoms with Gasteiger partial charge >= 0.3 is 5.97 Å². The lowest BCUT2D eigenvalue weighted by Gasteiger charge is -2.04. The second-order valence-corrected chi connectivity index (χ2v) is 4.53. The minimum atomic E-state index is -0.909. The van der Waals surface area contributed by atoms with E-state index in [0.717, 1.165) is 23.5 Å². The Balaban J connectivity index is 1.94. The summed E-state index contributed by atoms with van der Waals surface area (Å²) in [7, 11) is 0. The van der Waals surface area contributed by atoms with Crippen LogP contribution in [-0.4, -0.2) is 26.1 Å². The van der Waals surface area contributed by atoms with E-state index in [9.17, 15) is 4.79 Å². The molecule has 1 aromatic carbocycles. The summed E-state index contributed by atoms with van der Waals surface area (Å²) < 4.78 is 0. The van der Waals surface area contributed by atoms with Crippen LogP contribution in [-0.2, 0) is 19.6 Å². The van der Waals surface area contributed by atoms with Crippen molar-refractivity contribution < 1.29 is 9.90 Å². The van der Waals surface area contributed by atoms with Gasteiger partial charge in [0.05, 0.1) is 23.5 Å². The van der Waals surface area contributed by atoms with Gasteiger partial charge < -0.3 is 10.4 Å². The van der Waals surface area contributed by atoms with Crippen molar-refractivity contribution in [3.05, 3.63) is 46.8 Å². The smallest absolute Gasteiger partial charge is 0.335 e. The second-order valence-electron chi connectivity index (χ2n) is 4.53. The third-order valence-electron chi connectivity index (χ3n) is 3.00. The van der Waals surface area contributed by atoms with Crippen LogP contribution in [0.1, 0.15) is 34.2 Å². The molecule has 1 heterocycles. The van der Waals surface area contributed by atoms with Gasteiger partial charge in [0.2, 0.25) is 0 Å². The van der Waals surface area contributed by atoms with E-state index in [-0.39, 0.29) is 0 Å². The number of carboxylic acids is 1. The first-order valence-electron chi connectivity index (χ1n) is 6.53. The largest absolute Gasteiger partial charge is 0.478 e. The molecule has 0 amide bonds. The summed E-state index contributed by atoms with van der Waals surface area (Å²) in [5.74, 6) is -0.909. The maximum absolute atomic E-state index is 10.9. The van der Waals surface area contributed by atoms with Gasteiger partial charge in [-0.25, -0.2) is 4.79 Å². The highest BCUT2D eigenvalue weighted by atomic mass is 16.4. The number of aromatic nitrogens is 3. The van der Waals surface area contributed by atoms with Crippen molar-refractivity contribution in [1.29, 1.82) is 0 Å². The molecule has 20 heavy (non-hydrogen) atoms. The fraction of sp³-hybridized carbons (Fsp3) is 0.357. The van der Waals surface area contributed by atoms with Crippen molar-refractivity contribution in [2.45, 2.75) is 33.5 Å². The number of benzene rings is 1. The minimum absolute atomic E-state index is 0.303. The van der Waals surface area contributed by atoms with E-state index in [1.165, 1.54) is 0 Å². The molecule has 0 aliphatic carbocycles. The minimum Gasteiger partial charge on any atom is -0.478 e. The Labute approximate surface area is 117 Å².